The molecule has 0 aliphatic rings. The second-order valence-corrected chi connectivity index (χ2v) is 3.52. The van der Waals surface area contributed by atoms with Gasteiger partial charge in [0.2, 0.25) is 0 Å². The zero-order chi connectivity index (χ0) is 15.3. The Morgan fingerprint density at radius 2 is 1.90 bits per heavy atom. The lowest BCUT2D eigenvalue weighted by Crippen LogP contribution is -2.09. The molecule has 0 saturated heterocycles. The predicted molar refractivity (Wildman–Crippen MR) is 67.9 cm³/mol. The van der Waals surface area contributed by atoms with Crippen LogP contribution in [-0.2, 0) is 9.59 Å². The van der Waals surface area contributed by atoms with E-state index in [0.29, 0.717) is 16.8 Å². The molecular formula is C12H11FN2O5. The van der Waals surface area contributed by atoms with Crippen LogP contribution in [0.2, 0.25) is 0 Å². The van der Waals surface area contributed by atoms with Crippen LogP contribution in [0.25, 0.3) is 10.9 Å². The first-order valence-corrected chi connectivity index (χ1v) is 5.20. The molecule has 4 N–H and O–H groups in total. The fourth-order valence-electron chi connectivity index (χ4n) is 1.33. The molecule has 8 heteroatoms. The molecule has 0 radical (unpaired) electrons. The number of nitrogens with two attached hydrogens (primary N) is 1. The summed E-state index contributed by atoms with van der Waals surface area (Å²) in [7, 11) is 1.48. The van der Waals surface area contributed by atoms with Gasteiger partial charge in [-0.1, -0.05) is 0 Å². The number of benzene rings is 1. The van der Waals surface area contributed by atoms with Crippen LogP contribution in [0.15, 0.2) is 24.4 Å². The zero-order valence-corrected chi connectivity index (χ0v) is 10.3. The summed E-state index contributed by atoms with van der Waals surface area (Å²) < 4.78 is 18.4. The summed E-state index contributed by atoms with van der Waals surface area (Å²) in [4.78, 5) is 22.1. The number of fused-ring (bicyclic) bond motifs is 1. The van der Waals surface area contributed by atoms with Crippen LogP contribution in [0.1, 0.15) is 0 Å². The van der Waals surface area contributed by atoms with Gasteiger partial charge < -0.3 is 20.7 Å². The van der Waals surface area contributed by atoms with Crippen LogP contribution in [-0.4, -0.2) is 34.2 Å². The number of hydrogen-bond acceptors (Lipinski definition) is 5. The molecule has 0 atom stereocenters. The van der Waals surface area contributed by atoms with Gasteiger partial charge in [0, 0.05) is 23.3 Å². The molecule has 0 aliphatic heterocycles. The van der Waals surface area contributed by atoms with Crippen LogP contribution >= 0.6 is 0 Å². The maximum atomic E-state index is 13.4. The highest BCUT2D eigenvalue weighted by atomic mass is 19.1. The molecule has 0 bridgehead atoms. The van der Waals surface area contributed by atoms with Crippen molar-refractivity contribution in [3.05, 3.63) is 30.2 Å². The number of methoxy groups -OCH3 is 1. The molecule has 2 aromatic rings. The number of aromatic nitrogens is 1. The molecule has 2 rings (SSSR count). The molecule has 0 amide bonds. The molecule has 0 aliphatic carbocycles. The molecule has 0 spiro atoms. The maximum Gasteiger partial charge on any atom is 0.414 e. The molecule has 0 saturated carbocycles. The minimum Gasteiger partial charge on any atom is -0.497 e. The Labute approximate surface area is 112 Å². The topological polar surface area (TPSA) is 123 Å². The van der Waals surface area contributed by atoms with Crippen molar-refractivity contribution in [3.63, 3.8) is 0 Å². The summed E-state index contributed by atoms with van der Waals surface area (Å²) >= 11 is 0. The van der Waals surface area contributed by atoms with Gasteiger partial charge in [-0.15, -0.1) is 0 Å². The Morgan fingerprint density at radius 1 is 1.30 bits per heavy atom. The van der Waals surface area contributed by atoms with Gasteiger partial charge in [-0.05, 0) is 12.1 Å². The van der Waals surface area contributed by atoms with Gasteiger partial charge in [0.15, 0.2) is 5.82 Å². The molecule has 20 heavy (non-hydrogen) atoms. The SMILES string of the molecule is COc1cc(F)c2nccc(N)c2c1.O=C(O)C(=O)O. The van der Waals surface area contributed by atoms with Crippen LogP contribution in [0, 0.1) is 5.82 Å². The van der Waals surface area contributed by atoms with Gasteiger partial charge in [-0.2, -0.15) is 0 Å². The van der Waals surface area contributed by atoms with E-state index in [1.165, 1.54) is 19.4 Å². The van der Waals surface area contributed by atoms with Crippen molar-refractivity contribution in [2.24, 2.45) is 0 Å². The van der Waals surface area contributed by atoms with Crippen molar-refractivity contribution < 1.29 is 28.9 Å². The Morgan fingerprint density at radius 3 is 2.40 bits per heavy atom. The number of ether oxygens (including phenoxy) is 1. The number of anilines is 1. The van der Waals surface area contributed by atoms with Gasteiger partial charge in [0.05, 0.1) is 7.11 Å². The van der Waals surface area contributed by atoms with Crippen LogP contribution in [0.3, 0.4) is 0 Å². The van der Waals surface area contributed by atoms with Gasteiger partial charge in [-0.25, -0.2) is 14.0 Å². The van der Waals surface area contributed by atoms with Crippen molar-refractivity contribution in [1.29, 1.82) is 0 Å². The first-order chi connectivity index (χ1) is 9.36. The summed E-state index contributed by atoms with van der Waals surface area (Å²) in [6, 6.07) is 4.58. The number of carboxylic acid groups (broad SMARTS) is 2. The van der Waals surface area contributed by atoms with Crippen molar-refractivity contribution >= 4 is 28.5 Å². The Kier molecular flexibility index (Phi) is 4.79. The second kappa shape index (κ2) is 6.32. The average molecular weight is 282 g/mol. The molecular weight excluding hydrogens is 271 g/mol. The number of carboxylic acids is 2. The lowest BCUT2D eigenvalue weighted by molar-refractivity contribution is -0.159. The van der Waals surface area contributed by atoms with E-state index in [4.69, 9.17) is 30.3 Å². The van der Waals surface area contributed by atoms with Gasteiger partial charge in [0.25, 0.3) is 0 Å². The van der Waals surface area contributed by atoms with Gasteiger partial charge >= 0.3 is 11.9 Å². The molecule has 1 aromatic carbocycles. The quantitative estimate of drug-likeness (QED) is 0.669. The normalized spacial score (nSPS) is 9.50. The van der Waals surface area contributed by atoms with Crippen LogP contribution in [0.5, 0.6) is 5.75 Å². The van der Waals surface area contributed by atoms with Crippen molar-refractivity contribution in [2.45, 2.75) is 0 Å². The number of nitrogen functional groups attached to an aromatic ring is 1. The van der Waals surface area contributed by atoms with E-state index < -0.39 is 17.8 Å². The predicted octanol–water partition coefficient (Wildman–Crippen LogP) is 1.12. The van der Waals surface area contributed by atoms with E-state index in [9.17, 15) is 4.39 Å². The Balaban J connectivity index is 0.000000286. The summed E-state index contributed by atoms with van der Waals surface area (Å²) in [5, 5.41) is 15.4. The fraction of sp³-hybridized carbons (Fsp3) is 0.0833. The second-order valence-electron chi connectivity index (χ2n) is 3.52. The molecule has 106 valence electrons. The van der Waals surface area contributed by atoms with Gasteiger partial charge in [-0.3, -0.25) is 4.98 Å². The number of aliphatic carboxylic acids is 2. The van der Waals surface area contributed by atoms with E-state index in [1.54, 1.807) is 12.1 Å². The maximum absolute atomic E-state index is 13.4. The zero-order valence-electron chi connectivity index (χ0n) is 10.3. The van der Waals surface area contributed by atoms with E-state index >= 15 is 0 Å². The monoisotopic (exact) mass is 282 g/mol. The average Bonchev–Trinajstić information content (AvgIpc) is 2.40. The molecule has 7 nitrogen and oxygen atoms in total. The fourth-order valence-corrected chi connectivity index (χ4v) is 1.33. The smallest absolute Gasteiger partial charge is 0.414 e. The number of nitrogens with zero attached hydrogens (tertiary/aromatic N) is 1. The van der Waals surface area contributed by atoms with Crippen molar-refractivity contribution in [1.82, 2.24) is 4.98 Å². The summed E-state index contributed by atoms with van der Waals surface area (Å²) in [5.74, 6) is -3.63. The lowest BCUT2D eigenvalue weighted by atomic mass is 10.2. The highest BCUT2D eigenvalue weighted by Gasteiger charge is 2.07. The lowest BCUT2D eigenvalue weighted by Gasteiger charge is -2.05. The summed E-state index contributed by atoms with van der Waals surface area (Å²) in [5.41, 5.74) is 6.45. The standard InChI is InChI=1S/C10H9FN2O.C2H2O4/c1-14-6-4-7-9(12)2-3-13-10(7)8(11)5-6;3-1(4)2(5)6/h2-5H,1H3,(H2,12,13);(H,3,4)(H,5,6). The van der Waals surface area contributed by atoms with Crippen LogP contribution < -0.4 is 10.5 Å². The molecule has 1 aromatic heterocycles. The number of halogens is 1. The third kappa shape index (κ3) is 3.55. The third-order valence-corrected chi connectivity index (χ3v) is 2.22. The first kappa shape index (κ1) is 15.2. The van der Waals surface area contributed by atoms with E-state index in [-0.39, 0.29) is 5.52 Å². The number of carbonyl (C=O) groups is 2. The van der Waals surface area contributed by atoms with E-state index in [1.807, 2.05) is 0 Å². The van der Waals surface area contributed by atoms with E-state index in [0.717, 1.165) is 0 Å². The minimum atomic E-state index is -1.82. The number of hydrogen-bond donors (Lipinski definition) is 3. The van der Waals surface area contributed by atoms with Crippen molar-refractivity contribution in [3.8, 4) is 5.75 Å². The highest BCUT2D eigenvalue weighted by molar-refractivity contribution is 6.27. The molecule has 1 heterocycles. The Bertz CT molecular complexity index is 648. The largest absolute Gasteiger partial charge is 0.497 e. The Hall–Kier alpha value is -2.90. The first-order valence-electron chi connectivity index (χ1n) is 5.20. The van der Waals surface area contributed by atoms with Gasteiger partial charge in [0.1, 0.15) is 11.3 Å². The highest BCUT2D eigenvalue weighted by Crippen LogP contribution is 2.26. The van der Waals surface area contributed by atoms with Crippen molar-refractivity contribution in [2.75, 3.05) is 12.8 Å². The third-order valence-electron chi connectivity index (χ3n) is 2.22. The molecule has 0 unspecified atom stereocenters. The summed E-state index contributed by atoms with van der Waals surface area (Å²) in [6.45, 7) is 0. The van der Waals surface area contributed by atoms with E-state index in [2.05, 4.69) is 4.98 Å². The minimum absolute atomic E-state index is 0.269. The number of rotatable bonds is 1. The summed E-state index contributed by atoms with van der Waals surface area (Å²) in [6.07, 6.45) is 1.48. The molecule has 0 fully saturated rings. The van der Waals surface area contributed by atoms with Crippen LogP contribution in [0.4, 0.5) is 10.1 Å². The number of pyridine rings is 1.